The minimum absolute atomic E-state index is 0.175. The minimum Gasteiger partial charge on any atom is -0.480 e. The molecule has 3 N–H and O–H groups in total. The van der Waals surface area contributed by atoms with E-state index in [0.29, 0.717) is 12.0 Å². The highest BCUT2D eigenvalue weighted by molar-refractivity contribution is 5.89. The van der Waals surface area contributed by atoms with Gasteiger partial charge in [0.2, 0.25) is 0 Å². The fourth-order valence-corrected chi connectivity index (χ4v) is 1.25. The van der Waals surface area contributed by atoms with Crippen LogP contribution in [0.1, 0.15) is 23.2 Å². The number of benzene rings is 1. The van der Waals surface area contributed by atoms with Crippen LogP contribution in [0, 0.1) is 0 Å². The van der Waals surface area contributed by atoms with E-state index in [0.717, 1.165) is 0 Å². The van der Waals surface area contributed by atoms with E-state index in [1.807, 2.05) is 6.07 Å². The summed E-state index contributed by atoms with van der Waals surface area (Å²) in [6, 6.07) is 7.72. The Morgan fingerprint density at radius 1 is 1.29 bits per heavy atom. The van der Waals surface area contributed by atoms with Crippen LogP contribution in [0.25, 0.3) is 0 Å². The fourth-order valence-electron chi connectivity index (χ4n) is 1.25. The van der Waals surface area contributed by atoms with E-state index in [1.165, 1.54) is 0 Å². The summed E-state index contributed by atoms with van der Waals surface area (Å²) in [5.74, 6) is -1.45. The molecule has 0 aliphatic carbocycles. The number of aliphatic carboxylic acids is 1. The Labute approximate surface area is 99.2 Å². The second-order valence-electron chi connectivity index (χ2n) is 3.59. The van der Waals surface area contributed by atoms with Crippen molar-refractivity contribution in [3.63, 3.8) is 0 Å². The Morgan fingerprint density at radius 2 is 1.94 bits per heavy atom. The number of carbonyl (C=O) groups is 2. The average molecular weight is 237 g/mol. The highest BCUT2D eigenvalue weighted by Gasteiger charge is 2.11. The number of hydrogen-bond acceptors (Lipinski definition) is 4. The molecule has 0 fully saturated rings. The molecule has 0 unspecified atom stereocenters. The molecular weight excluding hydrogens is 222 g/mol. The Balaban J connectivity index is 2.24. The molecule has 0 amide bonds. The molecule has 0 heterocycles. The van der Waals surface area contributed by atoms with Crippen molar-refractivity contribution < 1.29 is 19.4 Å². The van der Waals surface area contributed by atoms with Crippen LogP contribution in [0.2, 0.25) is 0 Å². The van der Waals surface area contributed by atoms with Gasteiger partial charge >= 0.3 is 11.9 Å². The first-order valence-corrected chi connectivity index (χ1v) is 5.32. The number of hydrogen-bond donors (Lipinski definition) is 2. The summed E-state index contributed by atoms with van der Waals surface area (Å²) in [4.78, 5) is 21.9. The molecule has 5 heteroatoms. The zero-order valence-electron chi connectivity index (χ0n) is 9.33. The monoisotopic (exact) mass is 237 g/mol. The van der Waals surface area contributed by atoms with Crippen molar-refractivity contribution in [1.29, 1.82) is 0 Å². The Kier molecular flexibility index (Phi) is 5.16. The Hall–Kier alpha value is -1.88. The lowest BCUT2D eigenvalue weighted by atomic mass is 10.2. The van der Waals surface area contributed by atoms with Gasteiger partial charge < -0.3 is 15.6 Å². The second kappa shape index (κ2) is 6.65. The van der Waals surface area contributed by atoms with Crippen molar-refractivity contribution in [2.75, 3.05) is 6.61 Å². The van der Waals surface area contributed by atoms with Crippen LogP contribution in [0.3, 0.4) is 0 Å². The molecule has 0 bridgehead atoms. The average Bonchev–Trinajstić information content (AvgIpc) is 2.35. The van der Waals surface area contributed by atoms with Crippen molar-refractivity contribution in [1.82, 2.24) is 0 Å². The van der Waals surface area contributed by atoms with Crippen molar-refractivity contribution in [3.05, 3.63) is 35.9 Å². The smallest absolute Gasteiger partial charge is 0.338 e. The van der Waals surface area contributed by atoms with Crippen LogP contribution in [0.15, 0.2) is 30.3 Å². The van der Waals surface area contributed by atoms with Gasteiger partial charge in [0.15, 0.2) is 0 Å². The second-order valence-corrected chi connectivity index (χ2v) is 3.59. The van der Waals surface area contributed by atoms with Crippen LogP contribution in [-0.2, 0) is 9.53 Å². The molecule has 1 atom stereocenters. The largest absolute Gasteiger partial charge is 0.480 e. The van der Waals surface area contributed by atoms with Crippen LogP contribution in [-0.4, -0.2) is 29.7 Å². The lowest BCUT2D eigenvalue weighted by Crippen LogP contribution is -2.30. The highest BCUT2D eigenvalue weighted by Crippen LogP contribution is 2.02. The maximum Gasteiger partial charge on any atom is 0.338 e. The molecule has 0 aliphatic heterocycles. The zero-order chi connectivity index (χ0) is 12.7. The molecule has 0 aromatic heterocycles. The van der Waals surface area contributed by atoms with Gasteiger partial charge in [-0.15, -0.1) is 0 Å². The van der Waals surface area contributed by atoms with Crippen LogP contribution in [0.4, 0.5) is 0 Å². The van der Waals surface area contributed by atoms with E-state index in [-0.39, 0.29) is 13.0 Å². The first-order chi connectivity index (χ1) is 8.11. The van der Waals surface area contributed by atoms with Gasteiger partial charge in [-0.2, -0.15) is 0 Å². The molecule has 0 saturated carbocycles. The van der Waals surface area contributed by atoms with E-state index in [2.05, 4.69) is 0 Å². The summed E-state index contributed by atoms with van der Waals surface area (Å²) < 4.78 is 4.97. The van der Waals surface area contributed by atoms with Gasteiger partial charge in [0.25, 0.3) is 0 Å². The number of nitrogens with two attached hydrogens (primary N) is 1. The van der Waals surface area contributed by atoms with Gasteiger partial charge in [-0.3, -0.25) is 4.79 Å². The Morgan fingerprint density at radius 3 is 2.53 bits per heavy atom. The molecule has 1 rings (SSSR count). The molecule has 0 radical (unpaired) electrons. The number of esters is 1. The molecule has 17 heavy (non-hydrogen) atoms. The summed E-state index contributed by atoms with van der Waals surface area (Å²) in [6.45, 7) is 0.175. The summed E-state index contributed by atoms with van der Waals surface area (Å²) in [7, 11) is 0. The van der Waals surface area contributed by atoms with Crippen molar-refractivity contribution >= 4 is 11.9 Å². The third kappa shape index (κ3) is 4.65. The highest BCUT2D eigenvalue weighted by atomic mass is 16.5. The standard InChI is InChI=1S/C12H15NO4/c13-10(11(14)15)7-4-8-17-12(16)9-5-2-1-3-6-9/h1-3,5-6,10H,4,7-8,13H2,(H,14,15)/t10-/m1/s1. The maximum atomic E-state index is 11.5. The number of carboxylic acid groups (broad SMARTS) is 1. The third-order valence-corrected chi connectivity index (χ3v) is 2.22. The van der Waals surface area contributed by atoms with Crippen molar-refractivity contribution in [3.8, 4) is 0 Å². The molecule has 0 aliphatic rings. The number of carboxylic acids is 1. The third-order valence-electron chi connectivity index (χ3n) is 2.22. The molecule has 1 aromatic carbocycles. The lowest BCUT2D eigenvalue weighted by molar-refractivity contribution is -0.138. The quantitative estimate of drug-likeness (QED) is 0.570. The topological polar surface area (TPSA) is 89.6 Å². The van der Waals surface area contributed by atoms with Gasteiger partial charge in [0.05, 0.1) is 12.2 Å². The van der Waals surface area contributed by atoms with Gasteiger partial charge in [0.1, 0.15) is 6.04 Å². The fraction of sp³-hybridized carbons (Fsp3) is 0.333. The summed E-state index contributed by atoms with van der Waals surface area (Å²) >= 11 is 0. The molecule has 0 spiro atoms. The molecule has 0 saturated heterocycles. The molecule has 92 valence electrons. The van der Waals surface area contributed by atoms with Crippen molar-refractivity contribution in [2.45, 2.75) is 18.9 Å². The summed E-state index contributed by atoms with van der Waals surface area (Å²) in [6.07, 6.45) is 0.726. The predicted molar refractivity (Wildman–Crippen MR) is 61.6 cm³/mol. The van der Waals surface area contributed by atoms with Gasteiger partial charge in [-0.25, -0.2) is 4.79 Å². The van der Waals surface area contributed by atoms with Crippen molar-refractivity contribution in [2.24, 2.45) is 5.73 Å². The number of ether oxygens (including phenoxy) is 1. The van der Waals surface area contributed by atoms with Crippen LogP contribution < -0.4 is 5.73 Å². The predicted octanol–water partition coefficient (Wildman–Crippen LogP) is 1.04. The van der Waals surface area contributed by atoms with E-state index in [9.17, 15) is 9.59 Å². The van der Waals surface area contributed by atoms with Gasteiger partial charge in [0, 0.05) is 0 Å². The van der Waals surface area contributed by atoms with Crippen LogP contribution >= 0.6 is 0 Å². The molecular formula is C12H15NO4. The lowest BCUT2D eigenvalue weighted by Gasteiger charge is -2.07. The first-order valence-electron chi connectivity index (χ1n) is 5.32. The van der Waals surface area contributed by atoms with E-state index in [1.54, 1.807) is 24.3 Å². The Bertz CT molecular complexity index is 377. The zero-order valence-corrected chi connectivity index (χ0v) is 9.33. The first kappa shape index (κ1) is 13.2. The molecule has 5 nitrogen and oxygen atoms in total. The van der Waals surface area contributed by atoms with Gasteiger partial charge in [-0.05, 0) is 25.0 Å². The summed E-state index contributed by atoms with van der Waals surface area (Å²) in [5, 5.41) is 8.54. The van der Waals surface area contributed by atoms with Crippen LogP contribution in [0.5, 0.6) is 0 Å². The minimum atomic E-state index is -1.04. The molecule has 1 aromatic rings. The summed E-state index contributed by atoms with van der Waals surface area (Å²) in [5.41, 5.74) is 5.79. The van der Waals surface area contributed by atoms with Gasteiger partial charge in [-0.1, -0.05) is 18.2 Å². The SMILES string of the molecule is N[C@H](CCCOC(=O)c1ccccc1)C(=O)O. The number of rotatable bonds is 6. The number of carbonyl (C=O) groups excluding carboxylic acids is 1. The van der Waals surface area contributed by atoms with E-state index < -0.39 is 18.0 Å². The van der Waals surface area contributed by atoms with E-state index in [4.69, 9.17) is 15.6 Å². The van der Waals surface area contributed by atoms with E-state index >= 15 is 0 Å². The maximum absolute atomic E-state index is 11.5. The normalized spacial score (nSPS) is 11.8.